The summed E-state index contributed by atoms with van der Waals surface area (Å²) in [6.45, 7) is 8.29. The molecule has 1 heterocycles. The molecule has 1 aliphatic heterocycles. The number of aryl methyl sites for hydroxylation is 2. The molecule has 6 heteroatoms. The van der Waals surface area contributed by atoms with Gasteiger partial charge in [-0.2, -0.15) is 0 Å². The summed E-state index contributed by atoms with van der Waals surface area (Å²) in [5.41, 5.74) is 3.33. The fraction of sp³-hybridized carbons (Fsp3) is 0.417. The van der Waals surface area contributed by atoms with E-state index in [4.69, 9.17) is 9.47 Å². The van der Waals surface area contributed by atoms with E-state index in [1.807, 2.05) is 63.2 Å². The Balaban J connectivity index is 1.46. The molecule has 0 aliphatic carbocycles. The van der Waals surface area contributed by atoms with Crippen molar-refractivity contribution in [3.8, 4) is 11.5 Å². The van der Waals surface area contributed by atoms with Crippen LogP contribution in [-0.4, -0.2) is 61.0 Å². The third-order valence-corrected chi connectivity index (χ3v) is 5.49. The van der Waals surface area contributed by atoms with Gasteiger partial charge in [-0.15, -0.1) is 0 Å². The molecule has 2 aromatic carbocycles. The van der Waals surface area contributed by atoms with Gasteiger partial charge in [0.2, 0.25) is 0 Å². The molecule has 2 amide bonds. The molecular formula is C24H30N2O4. The molecule has 160 valence electrons. The monoisotopic (exact) mass is 410 g/mol. The molecule has 1 aliphatic rings. The average molecular weight is 411 g/mol. The van der Waals surface area contributed by atoms with Crippen molar-refractivity contribution in [3.63, 3.8) is 0 Å². The number of hydrogen-bond acceptors (Lipinski definition) is 4. The lowest BCUT2D eigenvalue weighted by Gasteiger charge is -2.22. The van der Waals surface area contributed by atoms with E-state index in [9.17, 15) is 9.59 Å². The first-order chi connectivity index (χ1) is 14.4. The van der Waals surface area contributed by atoms with Crippen LogP contribution in [0.5, 0.6) is 11.5 Å². The van der Waals surface area contributed by atoms with Gasteiger partial charge in [-0.05, 0) is 56.5 Å². The van der Waals surface area contributed by atoms with E-state index >= 15 is 0 Å². The highest BCUT2D eigenvalue weighted by Crippen LogP contribution is 2.20. The Morgan fingerprint density at radius 1 is 0.800 bits per heavy atom. The molecule has 1 fully saturated rings. The molecule has 0 aromatic heterocycles. The largest absolute Gasteiger partial charge is 0.484 e. The van der Waals surface area contributed by atoms with Crippen molar-refractivity contribution in [1.29, 1.82) is 0 Å². The maximum atomic E-state index is 12.6. The van der Waals surface area contributed by atoms with Gasteiger partial charge < -0.3 is 19.3 Å². The van der Waals surface area contributed by atoms with Crippen LogP contribution in [0.15, 0.2) is 42.5 Å². The number of ether oxygens (including phenoxy) is 2. The Kier molecular flexibility index (Phi) is 7.33. The lowest BCUT2D eigenvalue weighted by Crippen LogP contribution is -2.40. The summed E-state index contributed by atoms with van der Waals surface area (Å²) < 4.78 is 11.4. The number of carbonyl (C=O) groups is 2. The molecule has 0 saturated carbocycles. The lowest BCUT2D eigenvalue weighted by molar-refractivity contribution is -0.135. The second-order valence-electron chi connectivity index (χ2n) is 7.70. The van der Waals surface area contributed by atoms with Crippen molar-refractivity contribution in [3.05, 3.63) is 59.2 Å². The van der Waals surface area contributed by atoms with E-state index in [1.54, 1.807) is 9.80 Å². The fourth-order valence-corrected chi connectivity index (χ4v) is 3.40. The summed E-state index contributed by atoms with van der Waals surface area (Å²) >= 11 is 0. The lowest BCUT2D eigenvalue weighted by atomic mass is 10.1. The average Bonchev–Trinajstić information content (AvgIpc) is 3.00. The smallest absolute Gasteiger partial charge is 0.260 e. The first-order valence-corrected chi connectivity index (χ1v) is 10.4. The quantitative estimate of drug-likeness (QED) is 0.734. The third-order valence-electron chi connectivity index (χ3n) is 5.49. The Bertz CT molecular complexity index is 879. The zero-order valence-electron chi connectivity index (χ0n) is 18.0. The van der Waals surface area contributed by atoms with Crippen LogP contribution in [0.3, 0.4) is 0 Å². The Morgan fingerprint density at radius 2 is 1.40 bits per heavy atom. The topological polar surface area (TPSA) is 59.1 Å². The van der Waals surface area contributed by atoms with Crippen molar-refractivity contribution in [2.24, 2.45) is 0 Å². The zero-order valence-corrected chi connectivity index (χ0v) is 18.0. The summed E-state index contributed by atoms with van der Waals surface area (Å²) in [6.07, 6.45) is 0.742. The van der Waals surface area contributed by atoms with Gasteiger partial charge in [0.15, 0.2) is 13.2 Å². The normalized spacial score (nSPS) is 14.2. The first kappa shape index (κ1) is 21.7. The second-order valence-corrected chi connectivity index (χ2v) is 7.70. The molecule has 3 rings (SSSR count). The number of hydrogen-bond donors (Lipinski definition) is 0. The van der Waals surface area contributed by atoms with E-state index in [0.717, 1.165) is 28.9 Å². The molecule has 0 unspecified atom stereocenters. The maximum absolute atomic E-state index is 12.6. The van der Waals surface area contributed by atoms with Crippen LogP contribution in [0.4, 0.5) is 0 Å². The van der Waals surface area contributed by atoms with Gasteiger partial charge in [0.05, 0.1) is 0 Å². The molecule has 0 radical (unpaired) electrons. The molecule has 2 aromatic rings. The minimum Gasteiger partial charge on any atom is -0.484 e. The highest BCUT2D eigenvalue weighted by molar-refractivity contribution is 5.79. The number of amides is 2. The predicted molar refractivity (Wildman–Crippen MR) is 116 cm³/mol. The Labute approximate surface area is 178 Å². The van der Waals surface area contributed by atoms with Crippen LogP contribution in [0.25, 0.3) is 0 Å². The van der Waals surface area contributed by atoms with Crippen LogP contribution in [0.2, 0.25) is 0 Å². The summed E-state index contributed by atoms with van der Waals surface area (Å²) in [4.78, 5) is 28.7. The molecule has 30 heavy (non-hydrogen) atoms. The number of carbonyl (C=O) groups excluding carboxylic acids is 2. The van der Waals surface area contributed by atoms with Crippen molar-refractivity contribution in [2.45, 2.75) is 27.2 Å². The Hall–Kier alpha value is -3.02. The molecule has 0 atom stereocenters. The van der Waals surface area contributed by atoms with E-state index in [-0.39, 0.29) is 25.0 Å². The van der Waals surface area contributed by atoms with Gasteiger partial charge in [-0.3, -0.25) is 9.59 Å². The van der Waals surface area contributed by atoms with Crippen molar-refractivity contribution in [1.82, 2.24) is 9.80 Å². The summed E-state index contributed by atoms with van der Waals surface area (Å²) in [7, 11) is 0. The number of nitrogens with zero attached hydrogens (tertiary/aromatic N) is 2. The molecule has 0 spiro atoms. The minimum absolute atomic E-state index is 0.00670. The standard InChI is InChI=1S/C24H30N2O4/c1-18-8-10-21(11-9-18)29-16-23(27)25-12-5-13-26(15-14-25)24(28)17-30-22-7-4-6-19(2)20(22)3/h4,6-11H,5,12-17H2,1-3H3. The fourth-order valence-electron chi connectivity index (χ4n) is 3.40. The molecule has 0 bridgehead atoms. The minimum atomic E-state index is -0.0588. The predicted octanol–water partition coefficient (Wildman–Crippen LogP) is 3.13. The van der Waals surface area contributed by atoms with Crippen LogP contribution in [0.1, 0.15) is 23.1 Å². The second kappa shape index (κ2) is 10.1. The number of benzene rings is 2. The van der Waals surface area contributed by atoms with Gasteiger partial charge in [0.25, 0.3) is 11.8 Å². The van der Waals surface area contributed by atoms with Gasteiger partial charge in [0.1, 0.15) is 11.5 Å². The third kappa shape index (κ3) is 5.75. The Morgan fingerprint density at radius 3 is 2.03 bits per heavy atom. The SMILES string of the molecule is Cc1ccc(OCC(=O)N2CCCN(C(=O)COc3cccc(C)c3C)CC2)cc1. The molecule has 0 N–H and O–H groups in total. The van der Waals surface area contributed by atoms with Crippen LogP contribution >= 0.6 is 0 Å². The van der Waals surface area contributed by atoms with Crippen LogP contribution in [0, 0.1) is 20.8 Å². The van der Waals surface area contributed by atoms with Gasteiger partial charge >= 0.3 is 0 Å². The summed E-state index contributed by atoms with van der Waals surface area (Å²) in [5.74, 6) is 1.31. The molecule has 6 nitrogen and oxygen atoms in total. The van der Waals surface area contributed by atoms with E-state index in [1.165, 1.54) is 0 Å². The summed E-state index contributed by atoms with van der Waals surface area (Å²) in [5, 5.41) is 0. The van der Waals surface area contributed by atoms with E-state index < -0.39 is 0 Å². The van der Waals surface area contributed by atoms with Gasteiger partial charge in [-0.25, -0.2) is 0 Å². The maximum Gasteiger partial charge on any atom is 0.260 e. The first-order valence-electron chi connectivity index (χ1n) is 10.4. The van der Waals surface area contributed by atoms with Gasteiger partial charge in [0, 0.05) is 26.2 Å². The highest BCUT2D eigenvalue weighted by Gasteiger charge is 2.22. The highest BCUT2D eigenvalue weighted by atomic mass is 16.5. The van der Waals surface area contributed by atoms with Crippen molar-refractivity contribution < 1.29 is 19.1 Å². The number of rotatable bonds is 6. The van der Waals surface area contributed by atoms with Crippen molar-refractivity contribution in [2.75, 3.05) is 39.4 Å². The van der Waals surface area contributed by atoms with E-state index in [2.05, 4.69) is 0 Å². The zero-order chi connectivity index (χ0) is 21.5. The van der Waals surface area contributed by atoms with Crippen molar-refractivity contribution >= 4 is 11.8 Å². The van der Waals surface area contributed by atoms with Crippen LogP contribution in [-0.2, 0) is 9.59 Å². The van der Waals surface area contributed by atoms with Crippen LogP contribution < -0.4 is 9.47 Å². The van der Waals surface area contributed by atoms with E-state index in [0.29, 0.717) is 31.9 Å². The summed E-state index contributed by atoms with van der Waals surface area (Å²) in [6, 6.07) is 13.5. The molecular weight excluding hydrogens is 380 g/mol. The molecule has 1 saturated heterocycles. The van der Waals surface area contributed by atoms with Gasteiger partial charge in [-0.1, -0.05) is 29.8 Å².